The molecule has 1 fully saturated rings. The number of rotatable bonds is 4. The molecule has 0 aromatic heterocycles. The fraction of sp³-hybridized carbons (Fsp3) is 0.471. The molecule has 8 heteroatoms. The summed E-state index contributed by atoms with van der Waals surface area (Å²) in [7, 11) is 0. The second kappa shape index (κ2) is 7.31. The number of carbonyl (C=O) groups is 3. The van der Waals surface area contributed by atoms with E-state index >= 15 is 0 Å². The molecule has 2 aliphatic rings. The van der Waals surface area contributed by atoms with E-state index in [1.807, 2.05) is 6.92 Å². The van der Waals surface area contributed by atoms with Gasteiger partial charge in [-0.3, -0.25) is 14.5 Å². The molecule has 0 saturated carbocycles. The molecule has 2 heterocycles. The van der Waals surface area contributed by atoms with Crippen LogP contribution in [0.3, 0.4) is 0 Å². The van der Waals surface area contributed by atoms with Crippen LogP contribution in [0.15, 0.2) is 18.2 Å². The summed E-state index contributed by atoms with van der Waals surface area (Å²) in [5.74, 6) is 0.169. The Balaban J connectivity index is 1.67. The van der Waals surface area contributed by atoms with Crippen LogP contribution in [0.1, 0.15) is 25.3 Å². The molecule has 0 bridgehead atoms. The molecule has 1 aromatic carbocycles. The van der Waals surface area contributed by atoms with E-state index in [0.29, 0.717) is 43.4 Å². The quantitative estimate of drug-likeness (QED) is 0.825. The van der Waals surface area contributed by atoms with E-state index in [4.69, 9.17) is 16.3 Å². The van der Waals surface area contributed by atoms with Gasteiger partial charge < -0.3 is 15.0 Å². The van der Waals surface area contributed by atoms with Gasteiger partial charge in [0.25, 0.3) is 5.91 Å². The van der Waals surface area contributed by atoms with Crippen molar-refractivity contribution in [1.29, 1.82) is 0 Å². The van der Waals surface area contributed by atoms with Gasteiger partial charge in [0, 0.05) is 23.7 Å². The third kappa shape index (κ3) is 3.71. The van der Waals surface area contributed by atoms with Crippen LogP contribution in [0, 0.1) is 0 Å². The van der Waals surface area contributed by atoms with Crippen molar-refractivity contribution >= 4 is 29.4 Å². The number of nitrogens with zero attached hydrogens (tertiary/aromatic N) is 2. The third-order valence-electron chi connectivity index (χ3n) is 4.29. The largest absolute Gasteiger partial charge is 0.491 e. The summed E-state index contributed by atoms with van der Waals surface area (Å²) in [6, 6.07) is 4.08. The van der Waals surface area contributed by atoms with Crippen molar-refractivity contribution in [2.45, 2.75) is 32.4 Å². The van der Waals surface area contributed by atoms with Crippen molar-refractivity contribution in [3.63, 3.8) is 0 Å². The Bertz CT molecular complexity index is 709. The summed E-state index contributed by atoms with van der Waals surface area (Å²) in [6.45, 7) is 3.39. The maximum absolute atomic E-state index is 12.6. The van der Waals surface area contributed by atoms with Crippen molar-refractivity contribution in [3.8, 4) is 5.75 Å². The zero-order valence-corrected chi connectivity index (χ0v) is 14.7. The molecule has 7 nitrogen and oxygen atoms in total. The molecule has 0 unspecified atom stereocenters. The molecular formula is C17H20ClN3O4. The lowest BCUT2D eigenvalue weighted by atomic mass is 10.1. The number of hydrogen-bond donors (Lipinski definition) is 1. The lowest BCUT2D eigenvalue weighted by Gasteiger charge is -2.21. The fourth-order valence-corrected chi connectivity index (χ4v) is 3.22. The highest BCUT2D eigenvalue weighted by molar-refractivity contribution is 6.30. The predicted molar refractivity (Wildman–Crippen MR) is 91.3 cm³/mol. The van der Waals surface area contributed by atoms with Gasteiger partial charge in [0.05, 0.1) is 13.0 Å². The number of hydrogen-bond acceptors (Lipinski definition) is 4. The highest BCUT2D eigenvalue weighted by Crippen LogP contribution is 2.26. The van der Waals surface area contributed by atoms with E-state index in [9.17, 15) is 14.4 Å². The molecule has 1 N–H and O–H groups in total. The van der Waals surface area contributed by atoms with Crippen LogP contribution in [-0.4, -0.2) is 53.4 Å². The van der Waals surface area contributed by atoms with Gasteiger partial charge in [-0.2, -0.15) is 0 Å². The molecule has 4 amide bonds. The summed E-state index contributed by atoms with van der Waals surface area (Å²) >= 11 is 6.02. The minimum absolute atomic E-state index is 0.0549. The maximum Gasteiger partial charge on any atom is 0.324 e. The molecule has 0 spiro atoms. The molecule has 134 valence electrons. The fourth-order valence-electron chi connectivity index (χ4n) is 3.03. The van der Waals surface area contributed by atoms with Crippen molar-refractivity contribution in [2.75, 3.05) is 19.7 Å². The first-order valence-corrected chi connectivity index (χ1v) is 8.68. The molecule has 1 atom stereocenters. The molecule has 25 heavy (non-hydrogen) atoms. The lowest BCUT2D eigenvalue weighted by Crippen LogP contribution is -2.39. The Morgan fingerprint density at radius 3 is 2.96 bits per heavy atom. The van der Waals surface area contributed by atoms with E-state index in [1.165, 1.54) is 4.90 Å². The molecule has 3 rings (SSSR count). The molecule has 1 aromatic rings. The SMILES string of the molecule is CCCN1C(=O)N[C@@H](CC(=O)N2CCOc3ccc(Cl)cc3C2)C1=O. The van der Waals surface area contributed by atoms with Crippen LogP contribution in [0.5, 0.6) is 5.75 Å². The van der Waals surface area contributed by atoms with Crippen molar-refractivity contribution < 1.29 is 19.1 Å². The normalized spacial score (nSPS) is 20.0. The average molecular weight is 366 g/mol. The number of benzene rings is 1. The van der Waals surface area contributed by atoms with Crippen molar-refractivity contribution in [1.82, 2.24) is 15.1 Å². The van der Waals surface area contributed by atoms with Crippen molar-refractivity contribution in [3.05, 3.63) is 28.8 Å². The number of halogens is 1. The van der Waals surface area contributed by atoms with Crippen LogP contribution in [0.25, 0.3) is 0 Å². The number of ether oxygens (including phenoxy) is 1. The van der Waals surface area contributed by atoms with Gasteiger partial charge in [0.2, 0.25) is 5.91 Å². The van der Waals surface area contributed by atoms with Gasteiger partial charge in [-0.05, 0) is 24.6 Å². The Kier molecular flexibility index (Phi) is 5.13. The van der Waals surface area contributed by atoms with E-state index in [1.54, 1.807) is 23.1 Å². The number of urea groups is 1. The first kappa shape index (κ1) is 17.5. The predicted octanol–water partition coefficient (Wildman–Crippen LogP) is 1.78. The van der Waals surface area contributed by atoms with Crippen LogP contribution in [0.2, 0.25) is 5.02 Å². The molecular weight excluding hydrogens is 346 g/mol. The average Bonchev–Trinajstić information content (AvgIpc) is 2.76. The lowest BCUT2D eigenvalue weighted by molar-refractivity contribution is -0.136. The zero-order valence-electron chi connectivity index (χ0n) is 14.0. The topological polar surface area (TPSA) is 79.0 Å². The summed E-state index contributed by atoms with van der Waals surface area (Å²) in [5, 5.41) is 3.16. The van der Waals surface area contributed by atoms with E-state index < -0.39 is 12.1 Å². The van der Waals surface area contributed by atoms with Gasteiger partial charge in [-0.25, -0.2) is 4.79 Å². The van der Waals surface area contributed by atoms with E-state index in [0.717, 1.165) is 5.56 Å². The second-order valence-electron chi connectivity index (χ2n) is 6.11. The van der Waals surface area contributed by atoms with Crippen LogP contribution in [-0.2, 0) is 16.1 Å². The van der Waals surface area contributed by atoms with Crippen LogP contribution < -0.4 is 10.1 Å². The summed E-state index contributed by atoms with van der Waals surface area (Å²) in [6.07, 6.45) is 0.627. The van der Waals surface area contributed by atoms with Crippen LogP contribution >= 0.6 is 11.6 Å². The maximum atomic E-state index is 12.6. The Morgan fingerprint density at radius 2 is 2.20 bits per heavy atom. The Morgan fingerprint density at radius 1 is 1.40 bits per heavy atom. The first-order chi connectivity index (χ1) is 12.0. The zero-order chi connectivity index (χ0) is 18.0. The number of nitrogens with one attached hydrogen (secondary N) is 1. The molecule has 1 saturated heterocycles. The number of carbonyl (C=O) groups excluding carboxylic acids is 3. The summed E-state index contributed by atoms with van der Waals surface area (Å²) in [4.78, 5) is 39.5. The van der Waals surface area contributed by atoms with E-state index in [-0.39, 0.29) is 18.2 Å². The third-order valence-corrected chi connectivity index (χ3v) is 4.52. The minimum Gasteiger partial charge on any atom is -0.491 e. The highest BCUT2D eigenvalue weighted by atomic mass is 35.5. The monoisotopic (exact) mass is 365 g/mol. The first-order valence-electron chi connectivity index (χ1n) is 8.30. The molecule has 2 aliphatic heterocycles. The standard InChI is InChI=1S/C17H20ClN3O4/c1-2-5-21-16(23)13(19-17(21)24)9-15(22)20-6-7-25-14-4-3-12(18)8-11(14)10-20/h3-4,8,13H,2,5-7,9-10H2,1H3,(H,19,24)/t13-/m0/s1. The van der Waals surface area contributed by atoms with Gasteiger partial charge in [-0.1, -0.05) is 18.5 Å². The number of amides is 4. The van der Waals surface area contributed by atoms with Gasteiger partial charge in [-0.15, -0.1) is 0 Å². The smallest absolute Gasteiger partial charge is 0.324 e. The number of fused-ring (bicyclic) bond motifs is 1. The summed E-state index contributed by atoms with van der Waals surface area (Å²) < 4.78 is 5.64. The Hall–Kier alpha value is -2.28. The minimum atomic E-state index is -0.797. The Labute approximate surface area is 150 Å². The van der Waals surface area contributed by atoms with Gasteiger partial charge in [0.15, 0.2) is 0 Å². The van der Waals surface area contributed by atoms with E-state index in [2.05, 4.69) is 5.32 Å². The molecule has 0 radical (unpaired) electrons. The van der Waals surface area contributed by atoms with Crippen molar-refractivity contribution in [2.24, 2.45) is 0 Å². The van der Waals surface area contributed by atoms with Gasteiger partial charge >= 0.3 is 6.03 Å². The van der Waals surface area contributed by atoms with Crippen LogP contribution in [0.4, 0.5) is 4.79 Å². The van der Waals surface area contributed by atoms with Gasteiger partial charge in [0.1, 0.15) is 18.4 Å². The number of imide groups is 1. The highest BCUT2D eigenvalue weighted by Gasteiger charge is 2.39. The second-order valence-corrected chi connectivity index (χ2v) is 6.55. The molecule has 0 aliphatic carbocycles. The summed E-state index contributed by atoms with van der Waals surface area (Å²) in [5.41, 5.74) is 0.827.